The molecule has 0 aliphatic heterocycles. The number of ether oxygens (including phenoxy) is 1. The van der Waals surface area contributed by atoms with Crippen LogP contribution in [0.5, 0.6) is 5.75 Å². The van der Waals surface area contributed by atoms with Crippen molar-refractivity contribution in [2.24, 2.45) is 0 Å². The van der Waals surface area contributed by atoms with Crippen LogP contribution in [0.15, 0.2) is 30.5 Å². The number of aryl methyl sites for hydroxylation is 1. The zero-order valence-electron chi connectivity index (χ0n) is 11.7. The van der Waals surface area contributed by atoms with Gasteiger partial charge in [-0.05, 0) is 26.1 Å². The van der Waals surface area contributed by atoms with Crippen LogP contribution in [-0.4, -0.2) is 30.1 Å². The van der Waals surface area contributed by atoms with Crippen LogP contribution in [0.1, 0.15) is 10.4 Å². The molecule has 4 nitrogen and oxygen atoms in total. The minimum atomic E-state index is 0. The molecule has 0 spiro atoms. The van der Waals surface area contributed by atoms with E-state index in [4.69, 9.17) is 10.5 Å². The van der Waals surface area contributed by atoms with Gasteiger partial charge in [-0.1, -0.05) is 17.7 Å². The fraction of sp³-hybridized carbons (Fsp3) is 0.357. The van der Waals surface area contributed by atoms with Crippen molar-refractivity contribution in [3.8, 4) is 5.75 Å². The Labute approximate surface area is 130 Å². The maximum atomic E-state index is 5.70. The van der Waals surface area contributed by atoms with Gasteiger partial charge in [-0.2, -0.15) is 0 Å². The number of nitrogen functional groups attached to an aromatic ring is 1. The van der Waals surface area contributed by atoms with E-state index in [9.17, 15) is 0 Å². The summed E-state index contributed by atoms with van der Waals surface area (Å²) in [5.41, 5.74) is 6.85. The Morgan fingerprint density at radius 3 is 2.60 bits per heavy atom. The molecule has 6 heteroatoms. The van der Waals surface area contributed by atoms with Crippen LogP contribution in [0, 0.1) is 6.92 Å². The van der Waals surface area contributed by atoms with E-state index in [1.54, 1.807) is 0 Å². The number of nitrogens with two attached hydrogens (primary N) is 1. The maximum Gasteiger partial charge on any atom is 0.180 e. The van der Waals surface area contributed by atoms with Crippen LogP contribution in [0.2, 0.25) is 0 Å². The predicted molar refractivity (Wildman–Crippen MR) is 86.8 cm³/mol. The van der Waals surface area contributed by atoms with Gasteiger partial charge in [0.2, 0.25) is 0 Å². The van der Waals surface area contributed by atoms with Crippen molar-refractivity contribution in [2.45, 2.75) is 13.5 Å². The normalized spacial score (nSPS) is 10.3. The monoisotopic (exact) mass is 313 g/mol. The van der Waals surface area contributed by atoms with Gasteiger partial charge < -0.3 is 10.5 Å². The molecule has 20 heavy (non-hydrogen) atoms. The van der Waals surface area contributed by atoms with Gasteiger partial charge in [0.15, 0.2) is 5.13 Å². The molecule has 2 aromatic rings. The van der Waals surface area contributed by atoms with Crippen molar-refractivity contribution in [1.29, 1.82) is 0 Å². The fourth-order valence-corrected chi connectivity index (χ4v) is 2.46. The fourth-order valence-electron chi connectivity index (χ4n) is 1.69. The van der Waals surface area contributed by atoms with E-state index in [0.29, 0.717) is 11.7 Å². The molecule has 0 fully saturated rings. The number of nitrogens with zero attached hydrogens (tertiary/aromatic N) is 2. The van der Waals surface area contributed by atoms with Crippen molar-refractivity contribution in [1.82, 2.24) is 9.88 Å². The first-order valence-corrected chi connectivity index (χ1v) is 7.03. The van der Waals surface area contributed by atoms with Crippen LogP contribution in [0.4, 0.5) is 5.13 Å². The molecule has 1 aromatic carbocycles. The zero-order chi connectivity index (χ0) is 13.7. The lowest BCUT2D eigenvalue weighted by Gasteiger charge is -2.15. The lowest BCUT2D eigenvalue weighted by Crippen LogP contribution is -2.23. The van der Waals surface area contributed by atoms with Crippen LogP contribution < -0.4 is 10.5 Å². The van der Waals surface area contributed by atoms with Crippen molar-refractivity contribution in [3.05, 3.63) is 40.9 Å². The van der Waals surface area contributed by atoms with Gasteiger partial charge in [0, 0.05) is 24.2 Å². The standard InChI is InChI=1S/C14H19N3OS.ClH/c1-11-3-5-12(6-4-11)18-8-7-17(2)10-13-9-16-14(15)19-13;/h3-6,9H,7-8,10H2,1-2H3,(H2,15,16);1H. The van der Waals surface area contributed by atoms with E-state index in [1.807, 2.05) is 18.3 Å². The van der Waals surface area contributed by atoms with Crippen molar-refractivity contribution in [3.63, 3.8) is 0 Å². The largest absolute Gasteiger partial charge is 0.492 e. The molecular weight excluding hydrogens is 294 g/mol. The topological polar surface area (TPSA) is 51.4 Å². The van der Waals surface area contributed by atoms with E-state index < -0.39 is 0 Å². The SMILES string of the molecule is Cc1ccc(OCCN(C)Cc2cnc(N)s2)cc1.Cl. The number of aromatic nitrogens is 1. The third kappa shape index (κ3) is 5.36. The first-order valence-electron chi connectivity index (χ1n) is 6.21. The molecule has 0 aliphatic carbocycles. The third-order valence-corrected chi connectivity index (χ3v) is 3.57. The number of hydrogen-bond donors (Lipinski definition) is 1. The zero-order valence-corrected chi connectivity index (χ0v) is 13.3. The van der Waals surface area contributed by atoms with Gasteiger partial charge in [-0.15, -0.1) is 23.7 Å². The van der Waals surface area contributed by atoms with Crippen molar-refractivity contribution < 1.29 is 4.74 Å². The molecule has 0 aliphatic rings. The molecular formula is C14H20ClN3OS. The van der Waals surface area contributed by atoms with Gasteiger partial charge in [0.05, 0.1) is 0 Å². The lowest BCUT2D eigenvalue weighted by atomic mass is 10.2. The number of thiazole rings is 1. The number of benzene rings is 1. The van der Waals surface area contributed by atoms with Crippen LogP contribution in [-0.2, 0) is 6.54 Å². The molecule has 2 N–H and O–H groups in total. The van der Waals surface area contributed by atoms with Gasteiger partial charge >= 0.3 is 0 Å². The summed E-state index contributed by atoms with van der Waals surface area (Å²) in [7, 11) is 2.06. The summed E-state index contributed by atoms with van der Waals surface area (Å²) in [6.07, 6.45) is 1.83. The molecule has 0 radical (unpaired) electrons. The van der Waals surface area contributed by atoms with Crippen LogP contribution >= 0.6 is 23.7 Å². The number of halogens is 1. The molecule has 0 atom stereocenters. The Balaban J connectivity index is 0.00000200. The van der Waals surface area contributed by atoms with Crippen LogP contribution in [0.3, 0.4) is 0 Å². The highest BCUT2D eigenvalue weighted by Crippen LogP contribution is 2.16. The maximum absolute atomic E-state index is 5.70. The number of hydrogen-bond acceptors (Lipinski definition) is 5. The first kappa shape index (κ1) is 16.8. The van der Waals surface area contributed by atoms with Crippen LogP contribution in [0.25, 0.3) is 0 Å². The Kier molecular flexibility index (Phi) is 6.78. The van der Waals surface area contributed by atoms with Gasteiger partial charge in [0.1, 0.15) is 12.4 Å². The molecule has 0 unspecified atom stereocenters. The highest BCUT2D eigenvalue weighted by atomic mass is 35.5. The van der Waals surface area contributed by atoms with E-state index >= 15 is 0 Å². The summed E-state index contributed by atoms with van der Waals surface area (Å²) in [4.78, 5) is 7.42. The van der Waals surface area contributed by atoms with Gasteiger partial charge in [0.25, 0.3) is 0 Å². The van der Waals surface area contributed by atoms with Gasteiger partial charge in [-0.3, -0.25) is 4.90 Å². The molecule has 2 rings (SSSR count). The average molecular weight is 314 g/mol. The Bertz CT molecular complexity index is 515. The first-order chi connectivity index (χ1) is 9.13. The summed E-state index contributed by atoms with van der Waals surface area (Å²) in [5, 5.41) is 0.624. The molecule has 0 saturated carbocycles. The molecule has 0 bridgehead atoms. The highest BCUT2D eigenvalue weighted by Gasteiger charge is 2.04. The molecule has 1 aromatic heterocycles. The second kappa shape index (κ2) is 8.09. The summed E-state index contributed by atoms with van der Waals surface area (Å²) >= 11 is 1.53. The summed E-state index contributed by atoms with van der Waals surface area (Å²) in [6, 6.07) is 8.11. The molecule has 0 saturated heterocycles. The molecule has 1 heterocycles. The Morgan fingerprint density at radius 2 is 2.00 bits per heavy atom. The number of likely N-dealkylation sites (N-methyl/N-ethyl adjacent to an activating group) is 1. The minimum Gasteiger partial charge on any atom is -0.492 e. The highest BCUT2D eigenvalue weighted by molar-refractivity contribution is 7.15. The number of rotatable bonds is 6. The van der Waals surface area contributed by atoms with E-state index in [0.717, 1.165) is 18.8 Å². The van der Waals surface area contributed by atoms with Crippen molar-refractivity contribution in [2.75, 3.05) is 25.9 Å². The minimum absolute atomic E-state index is 0. The summed E-state index contributed by atoms with van der Waals surface area (Å²) in [6.45, 7) is 4.46. The van der Waals surface area contributed by atoms with E-state index in [-0.39, 0.29) is 12.4 Å². The Morgan fingerprint density at radius 1 is 1.30 bits per heavy atom. The second-order valence-corrected chi connectivity index (χ2v) is 5.71. The van der Waals surface area contributed by atoms with Crippen molar-refractivity contribution >= 4 is 28.9 Å². The van der Waals surface area contributed by atoms with Gasteiger partial charge in [-0.25, -0.2) is 4.98 Å². The second-order valence-electron chi connectivity index (χ2n) is 4.56. The summed E-state index contributed by atoms with van der Waals surface area (Å²) in [5.74, 6) is 0.918. The third-order valence-electron chi connectivity index (χ3n) is 2.76. The Hall–Kier alpha value is -1.30. The van der Waals surface area contributed by atoms with E-state index in [1.165, 1.54) is 21.8 Å². The summed E-state index contributed by atoms with van der Waals surface area (Å²) < 4.78 is 5.70. The predicted octanol–water partition coefficient (Wildman–Crippen LogP) is 2.97. The lowest BCUT2D eigenvalue weighted by molar-refractivity contribution is 0.234. The average Bonchev–Trinajstić information content (AvgIpc) is 2.77. The quantitative estimate of drug-likeness (QED) is 0.891. The molecule has 110 valence electrons. The smallest absolute Gasteiger partial charge is 0.180 e. The number of anilines is 1. The molecule has 0 amide bonds. The van der Waals surface area contributed by atoms with E-state index in [2.05, 4.69) is 36.0 Å².